The maximum atomic E-state index is 11.3. The van der Waals surface area contributed by atoms with Crippen LogP contribution in [0.4, 0.5) is 11.4 Å². The highest BCUT2D eigenvalue weighted by Crippen LogP contribution is 2.24. The Morgan fingerprint density at radius 3 is 2.61 bits per heavy atom. The molecule has 0 bridgehead atoms. The number of rotatable bonds is 6. The second-order valence-corrected chi connectivity index (χ2v) is 5.37. The number of nitrogens with two attached hydrogens (primary N) is 1. The lowest BCUT2D eigenvalue weighted by Gasteiger charge is -2.29. The van der Waals surface area contributed by atoms with E-state index in [1.165, 1.54) is 6.92 Å². The minimum absolute atomic E-state index is 0.0119. The predicted octanol–water partition coefficient (Wildman–Crippen LogP) is 3.05. The number of hydrogen-bond acceptors (Lipinski definition) is 4. The van der Waals surface area contributed by atoms with Crippen molar-refractivity contribution < 1.29 is 4.79 Å². The van der Waals surface area contributed by atoms with Crippen LogP contribution in [0.15, 0.2) is 18.2 Å². The third kappa shape index (κ3) is 3.42. The Balaban J connectivity index is 2.96. The van der Waals surface area contributed by atoms with Gasteiger partial charge in [0, 0.05) is 35.8 Å². The summed E-state index contributed by atoms with van der Waals surface area (Å²) in [6.45, 7) is 3.72. The van der Waals surface area contributed by atoms with E-state index in [0.29, 0.717) is 17.3 Å². The molecule has 2 N–H and O–H groups in total. The molecule has 100 valence electrons. The summed E-state index contributed by atoms with van der Waals surface area (Å²) >= 11 is 1.84. The summed E-state index contributed by atoms with van der Waals surface area (Å²) in [6, 6.07) is 6.16. The highest BCUT2D eigenvalue weighted by atomic mass is 32.2. The number of carbonyl (C=O) groups is 1. The van der Waals surface area contributed by atoms with Gasteiger partial charge >= 0.3 is 0 Å². The molecule has 1 unspecified atom stereocenters. The van der Waals surface area contributed by atoms with Crippen molar-refractivity contribution in [2.75, 3.05) is 29.7 Å². The molecule has 4 heteroatoms. The number of anilines is 2. The molecule has 1 aromatic rings. The number of nitrogen functional groups attached to an aromatic ring is 1. The lowest BCUT2D eigenvalue weighted by molar-refractivity contribution is 0.101. The van der Waals surface area contributed by atoms with Gasteiger partial charge in [-0.3, -0.25) is 4.79 Å². The van der Waals surface area contributed by atoms with Crippen LogP contribution in [0.5, 0.6) is 0 Å². The number of Topliss-reactive ketones (excluding diaryl/α,β-unsaturated/α-hetero) is 1. The van der Waals surface area contributed by atoms with Gasteiger partial charge in [-0.15, -0.1) is 0 Å². The summed E-state index contributed by atoms with van der Waals surface area (Å²) < 4.78 is 0. The van der Waals surface area contributed by atoms with Crippen molar-refractivity contribution in [1.29, 1.82) is 0 Å². The Hall–Kier alpha value is -1.16. The van der Waals surface area contributed by atoms with Crippen molar-refractivity contribution in [2.45, 2.75) is 26.3 Å². The van der Waals surface area contributed by atoms with Crippen LogP contribution in [0.25, 0.3) is 0 Å². The number of thioether (sulfide) groups is 1. The van der Waals surface area contributed by atoms with E-state index in [9.17, 15) is 4.79 Å². The molecule has 0 saturated heterocycles. The van der Waals surface area contributed by atoms with E-state index >= 15 is 0 Å². The van der Waals surface area contributed by atoms with E-state index in [0.717, 1.165) is 17.9 Å². The van der Waals surface area contributed by atoms with Gasteiger partial charge in [0.05, 0.1) is 0 Å². The van der Waals surface area contributed by atoms with Crippen LogP contribution in [-0.2, 0) is 0 Å². The van der Waals surface area contributed by atoms with E-state index in [-0.39, 0.29) is 5.78 Å². The number of hydrogen-bond donors (Lipinski definition) is 1. The molecule has 1 rings (SSSR count). The Bertz CT molecular complexity index is 420. The smallest absolute Gasteiger partial charge is 0.161 e. The monoisotopic (exact) mass is 266 g/mol. The predicted molar refractivity (Wildman–Crippen MR) is 81.7 cm³/mol. The van der Waals surface area contributed by atoms with Gasteiger partial charge in [0.2, 0.25) is 0 Å². The summed E-state index contributed by atoms with van der Waals surface area (Å²) in [4.78, 5) is 13.6. The molecule has 0 fully saturated rings. The van der Waals surface area contributed by atoms with E-state index < -0.39 is 0 Å². The summed E-state index contributed by atoms with van der Waals surface area (Å²) in [6.07, 6.45) is 3.20. The number of benzene rings is 1. The quantitative estimate of drug-likeness (QED) is 0.635. The van der Waals surface area contributed by atoms with Crippen LogP contribution in [-0.4, -0.2) is 30.9 Å². The highest BCUT2D eigenvalue weighted by molar-refractivity contribution is 7.98. The Morgan fingerprint density at radius 2 is 2.17 bits per heavy atom. The fraction of sp³-hybridized carbons (Fsp3) is 0.500. The maximum absolute atomic E-state index is 11.3. The van der Waals surface area contributed by atoms with E-state index in [1.54, 1.807) is 0 Å². The molecule has 1 aromatic carbocycles. The lowest BCUT2D eigenvalue weighted by Crippen LogP contribution is -2.33. The van der Waals surface area contributed by atoms with Crippen LogP contribution < -0.4 is 10.6 Å². The Kier molecular flexibility index (Phi) is 5.54. The van der Waals surface area contributed by atoms with Gasteiger partial charge in [0.1, 0.15) is 0 Å². The number of nitrogens with zero attached hydrogens (tertiary/aromatic N) is 1. The van der Waals surface area contributed by atoms with Gasteiger partial charge in [-0.1, -0.05) is 6.92 Å². The average molecular weight is 266 g/mol. The summed E-state index contributed by atoms with van der Waals surface area (Å²) in [5.41, 5.74) is 8.15. The molecule has 1 atom stereocenters. The second kappa shape index (κ2) is 6.69. The van der Waals surface area contributed by atoms with Crippen LogP contribution >= 0.6 is 11.8 Å². The highest BCUT2D eigenvalue weighted by Gasteiger charge is 2.14. The first-order valence-electron chi connectivity index (χ1n) is 6.13. The molecular formula is C14H22N2OS. The van der Waals surface area contributed by atoms with Crippen molar-refractivity contribution in [1.82, 2.24) is 0 Å². The molecule has 0 radical (unpaired) electrons. The van der Waals surface area contributed by atoms with Gasteiger partial charge in [-0.05, 0) is 37.8 Å². The van der Waals surface area contributed by atoms with Gasteiger partial charge < -0.3 is 10.6 Å². The molecular weight excluding hydrogens is 244 g/mol. The third-order valence-corrected chi connectivity index (χ3v) is 3.92. The molecule has 0 heterocycles. The topological polar surface area (TPSA) is 46.3 Å². The molecule has 0 saturated carbocycles. The first-order valence-corrected chi connectivity index (χ1v) is 7.52. The van der Waals surface area contributed by atoms with E-state index in [2.05, 4.69) is 25.1 Å². The second-order valence-electron chi connectivity index (χ2n) is 4.46. The van der Waals surface area contributed by atoms with Crippen LogP contribution in [0.3, 0.4) is 0 Å². The van der Waals surface area contributed by atoms with Crippen molar-refractivity contribution in [2.24, 2.45) is 0 Å². The zero-order chi connectivity index (χ0) is 13.7. The standard InChI is InChI=1S/C14H22N2OS/c1-5-11(9-18-4)16(3)12-6-7-13(10(2)17)14(15)8-12/h6-8,11H,5,9,15H2,1-4H3. The largest absolute Gasteiger partial charge is 0.398 e. The van der Waals surface area contributed by atoms with Crippen molar-refractivity contribution in [3.05, 3.63) is 23.8 Å². The minimum atomic E-state index is 0.0119. The van der Waals surface area contributed by atoms with Crippen molar-refractivity contribution in [3.63, 3.8) is 0 Å². The fourth-order valence-corrected chi connectivity index (χ4v) is 2.84. The zero-order valence-corrected chi connectivity index (χ0v) is 12.4. The number of ketones is 1. The molecule has 0 amide bonds. The van der Waals surface area contributed by atoms with Gasteiger partial charge in [0.25, 0.3) is 0 Å². The van der Waals surface area contributed by atoms with Gasteiger partial charge in [-0.25, -0.2) is 0 Å². The third-order valence-electron chi connectivity index (χ3n) is 3.20. The summed E-state index contributed by atoms with van der Waals surface area (Å²) in [7, 11) is 2.08. The van der Waals surface area contributed by atoms with Crippen molar-refractivity contribution in [3.8, 4) is 0 Å². The molecule has 0 spiro atoms. The molecule has 0 aromatic heterocycles. The van der Waals surface area contributed by atoms with Crippen LogP contribution in [0.1, 0.15) is 30.6 Å². The molecule has 0 aliphatic carbocycles. The fourth-order valence-electron chi connectivity index (χ4n) is 2.00. The van der Waals surface area contributed by atoms with Crippen LogP contribution in [0, 0.1) is 0 Å². The molecule has 0 aliphatic rings. The Labute approximate surface area is 114 Å². The normalized spacial score (nSPS) is 12.2. The SMILES string of the molecule is CCC(CSC)N(C)c1ccc(C(C)=O)c(N)c1. The average Bonchev–Trinajstić information content (AvgIpc) is 2.34. The first-order chi connectivity index (χ1) is 8.51. The van der Waals surface area contributed by atoms with Gasteiger partial charge in [0.15, 0.2) is 5.78 Å². The molecule has 18 heavy (non-hydrogen) atoms. The summed E-state index contributed by atoms with van der Waals surface area (Å²) in [5, 5.41) is 0. The van der Waals surface area contributed by atoms with E-state index in [1.807, 2.05) is 30.0 Å². The first kappa shape index (κ1) is 14.9. The minimum Gasteiger partial charge on any atom is -0.398 e. The van der Waals surface area contributed by atoms with Gasteiger partial charge in [-0.2, -0.15) is 11.8 Å². The summed E-state index contributed by atoms with van der Waals surface area (Å²) in [5.74, 6) is 1.10. The Morgan fingerprint density at radius 1 is 1.50 bits per heavy atom. The molecule has 3 nitrogen and oxygen atoms in total. The number of carbonyl (C=O) groups excluding carboxylic acids is 1. The maximum Gasteiger partial charge on any atom is 0.161 e. The van der Waals surface area contributed by atoms with Crippen LogP contribution in [0.2, 0.25) is 0 Å². The van der Waals surface area contributed by atoms with E-state index in [4.69, 9.17) is 5.73 Å². The van der Waals surface area contributed by atoms with Crippen molar-refractivity contribution >= 4 is 28.9 Å². The molecule has 0 aliphatic heterocycles. The zero-order valence-electron chi connectivity index (χ0n) is 11.6. The lowest BCUT2D eigenvalue weighted by atomic mass is 10.1.